The first-order valence-corrected chi connectivity index (χ1v) is 7.12. The van der Waals surface area contributed by atoms with Crippen molar-refractivity contribution in [2.45, 2.75) is 44.6 Å². The Labute approximate surface area is 115 Å². The molecule has 0 radical (unpaired) electrons. The molecule has 1 aliphatic rings. The third kappa shape index (κ3) is 3.80. The van der Waals surface area contributed by atoms with Crippen molar-refractivity contribution in [2.75, 3.05) is 30.4 Å². The van der Waals surface area contributed by atoms with Gasteiger partial charge in [-0.15, -0.1) is 0 Å². The van der Waals surface area contributed by atoms with Crippen LogP contribution in [0.1, 0.15) is 39.0 Å². The number of rotatable bonds is 6. The predicted octanol–water partition coefficient (Wildman–Crippen LogP) is 2.04. The van der Waals surface area contributed by atoms with Crippen molar-refractivity contribution in [3.05, 3.63) is 12.4 Å². The van der Waals surface area contributed by atoms with Gasteiger partial charge in [-0.3, -0.25) is 0 Å². The molecule has 0 atom stereocenters. The number of hydrogen-bond acceptors (Lipinski definition) is 5. The molecule has 1 saturated carbocycles. The fourth-order valence-electron chi connectivity index (χ4n) is 2.62. The minimum absolute atomic E-state index is 0.545. The van der Waals surface area contributed by atoms with Gasteiger partial charge in [-0.25, -0.2) is 9.97 Å². The summed E-state index contributed by atoms with van der Waals surface area (Å²) in [4.78, 5) is 10.5. The average Bonchev–Trinajstić information content (AvgIpc) is 2.83. The second-order valence-corrected chi connectivity index (χ2v) is 5.48. The van der Waals surface area contributed by atoms with Crippen LogP contribution in [0.3, 0.4) is 0 Å². The Kier molecular flexibility index (Phi) is 4.58. The maximum atomic E-state index is 10.4. The van der Waals surface area contributed by atoms with Gasteiger partial charge in [-0.2, -0.15) is 0 Å². The highest BCUT2D eigenvalue weighted by Crippen LogP contribution is 2.30. The summed E-state index contributed by atoms with van der Waals surface area (Å²) >= 11 is 0. The van der Waals surface area contributed by atoms with Gasteiger partial charge in [0.2, 0.25) is 0 Å². The Balaban J connectivity index is 1.99. The van der Waals surface area contributed by atoms with E-state index in [1.54, 1.807) is 6.33 Å². The lowest BCUT2D eigenvalue weighted by Crippen LogP contribution is -2.39. The number of nitrogens with one attached hydrogen (secondary N) is 1. The van der Waals surface area contributed by atoms with Crippen molar-refractivity contribution in [2.24, 2.45) is 0 Å². The van der Waals surface area contributed by atoms with Gasteiger partial charge in [0, 0.05) is 26.2 Å². The maximum Gasteiger partial charge on any atom is 0.133 e. The van der Waals surface area contributed by atoms with Gasteiger partial charge < -0.3 is 15.3 Å². The summed E-state index contributed by atoms with van der Waals surface area (Å²) in [5, 5.41) is 13.7. The first kappa shape index (κ1) is 14.1. The van der Waals surface area contributed by atoms with Crippen LogP contribution in [0.25, 0.3) is 0 Å². The molecular formula is C14H24N4O. The number of hydrogen-bond donors (Lipinski definition) is 2. The van der Waals surface area contributed by atoms with E-state index in [9.17, 15) is 5.11 Å². The fraction of sp³-hybridized carbons (Fsp3) is 0.714. The normalized spacial score (nSPS) is 17.4. The Hall–Kier alpha value is -1.36. The molecule has 19 heavy (non-hydrogen) atoms. The van der Waals surface area contributed by atoms with E-state index in [4.69, 9.17) is 0 Å². The Morgan fingerprint density at radius 1 is 1.37 bits per heavy atom. The fourth-order valence-corrected chi connectivity index (χ4v) is 2.62. The largest absolute Gasteiger partial charge is 0.388 e. The first-order valence-electron chi connectivity index (χ1n) is 7.12. The molecule has 0 amide bonds. The predicted molar refractivity (Wildman–Crippen MR) is 77.5 cm³/mol. The van der Waals surface area contributed by atoms with Crippen LogP contribution in [0, 0.1) is 0 Å². The summed E-state index contributed by atoms with van der Waals surface area (Å²) in [6.45, 7) is 3.66. The van der Waals surface area contributed by atoms with Crippen LogP contribution in [0.2, 0.25) is 0 Å². The highest BCUT2D eigenvalue weighted by atomic mass is 16.3. The number of likely N-dealkylation sites (N-methyl/N-ethyl adjacent to an activating group) is 1. The highest BCUT2D eigenvalue weighted by molar-refractivity contribution is 5.48. The Bertz CT molecular complexity index is 404. The van der Waals surface area contributed by atoms with Crippen LogP contribution in [-0.4, -0.2) is 40.8 Å². The zero-order valence-corrected chi connectivity index (χ0v) is 11.9. The summed E-state index contributed by atoms with van der Waals surface area (Å²) < 4.78 is 0. The van der Waals surface area contributed by atoms with Crippen LogP contribution >= 0.6 is 0 Å². The topological polar surface area (TPSA) is 61.3 Å². The van der Waals surface area contributed by atoms with Gasteiger partial charge in [0.1, 0.15) is 18.0 Å². The van der Waals surface area contributed by atoms with E-state index in [1.165, 1.54) is 0 Å². The minimum Gasteiger partial charge on any atom is -0.388 e. The Morgan fingerprint density at radius 3 is 2.79 bits per heavy atom. The zero-order valence-electron chi connectivity index (χ0n) is 11.9. The van der Waals surface area contributed by atoms with Crippen molar-refractivity contribution in [3.63, 3.8) is 0 Å². The van der Waals surface area contributed by atoms with Gasteiger partial charge in [-0.05, 0) is 19.3 Å². The quantitative estimate of drug-likeness (QED) is 0.823. The smallest absolute Gasteiger partial charge is 0.133 e. The SMILES string of the molecule is CCCNc1cc(N(C)CC2(O)CCCC2)ncn1. The van der Waals surface area contributed by atoms with E-state index in [-0.39, 0.29) is 0 Å². The maximum absolute atomic E-state index is 10.4. The van der Waals surface area contributed by atoms with Crippen molar-refractivity contribution >= 4 is 11.6 Å². The highest BCUT2D eigenvalue weighted by Gasteiger charge is 2.32. The summed E-state index contributed by atoms with van der Waals surface area (Å²) in [5.74, 6) is 1.70. The van der Waals surface area contributed by atoms with Gasteiger partial charge in [0.15, 0.2) is 0 Å². The molecule has 0 spiro atoms. The van der Waals surface area contributed by atoms with Crippen LogP contribution in [0.5, 0.6) is 0 Å². The monoisotopic (exact) mass is 264 g/mol. The summed E-state index contributed by atoms with van der Waals surface area (Å²) in [6, 6.07) is 1.94. The summed E-state index contributed by atoms with van der Waals surface area (Å²) in [7, 11) is 1.97. The molecule has 1 heterocycles. The van der Waals surface area contributed by atoms with Crippen molar-refractivity contribution in [3.8, 4) is 0 Å². The lowest BCUT2D eigenvalue weighted by Gasteiger charge is -2.29. The summed E-state index contributed by atoms with van der Waals surface area (Å²) in [5.41, 5.74) is -0.545. The first-order chi connectivity index (χ1) is 9.13. The molecule has 0 aromatic carbocycles. The van der Waals surface area contributed by atoms with Crippen molar-refractivity contribution in [1.82, 2.24) is 9.97 Å². The number of aliphatic hydroxyl groups is 1. The average molecular weight is 264 g/mol. The van der Waals surface area contributed by atoms with E-state index >= 15 is 0 Å². The molecule has 0 unspecified atom stereocenters. The standard InChI is InChI=1S/C14H24N4O/c1-3-8-15-12-9-13(17-11-16-12)18(2)10-14(19)6-4-5-7-14/h9,11,19H,3-8,10H2,1-2H3,(H,15,16,17). The molecule has 0 aliphatic heterocycles. The van der Waals surface area contributed by atoms with Crippen molar-refractivity contribution in [1.29, 1.82) is 0 Å². The molecule has 2 rings (SSSR count). The van der Waals surface area contributed by atoms with Gasteiger partial charge in [0.05, 0.1) is 5.60 Å². The van der Waals surface area contributed by atoms with Crippen LogP contribution < -0.4 is 10.2 Å². The molecule has 0 saturated heterocycles. The molecule has 5 nitrogen and oxygen atoms in total. The third-order valence-corrected chi connectivity index (χ3v) is 3.67. The van der Waals surface area contributed by atoms with E-state index in [0.29, 0.717) is 6.54 Å². The second kappa shape index (κ2) is 6.19. The third-order valence-electron chi connectivity index (χ3n) is 3.67. The summed E-state index contributed by atoms with van der Waals surface area (Å²) in [6.07, 6.45) is 6.67. The lowest BCUT2D eigenvalue weighted by molar-refractivity contribution is 0.0558. The number of aromatic nitrogens is 2. The molecule has 1 aromatic rings. The van der Waals surface area contributed by atoms with E-state index in [0.717, 1.165) is 50.3 Å². The molecule has 2 N–H and O–H groups in total. The van der Waals surface area contributed by atoms with Crippen LogP contribution in [0.15, 0.2) is 12.4 Å². The van der Waals surface area contributed by atoms with E-state index in [2.05, 4.69) is 22.2 Å². The van der Waals surface area contributed by atoms with E-state index < -0.39 is 5.60 Å². The molecule has 1 aliphatic carbocycles. The molecule has 1 fully saturated rings. The molecule has 1 aromatic heterocycles. The van der Waals surface area contributed by atoms with Gasteiger partial charge >= 0.3 is 0 Å². The molecular weight excluding hydrogens is 240 g/mol. The van der Waals surface area contributed by atoms with Crippen LogP contribution in [-0.2, 0) is 0 Å². The Morgan fingerprint density at radius 2 is 2.11 bits per heavy atom. The number of nitrogens with zero attached hydrogens (tertiary/aromatic N) is 3. The lowest BCUT2D eigenvalue weighted by atomic mass is 10.0. The van der Waals surface area contributed by atoms with Gasteiger partial charge in [0.25, 0.3) is 0 Å². The molecule has 0 bridgehead atoms. The number of anilines is 2. The minimum atomic E-state index is -0.545. The van der Waals surface area contributed by atoms with Crippen molar-refractivity contribution < 1.29 is 5.11 Å². The molecule has 5 heteroatoms. The second-order valence-electron chi connectivity index (χ2n) is 5.48. The zero-order chi connectivity index (χ0) is 13.7. The van der Waals surface area contributed by atoms with Gasteiger partial charge in [-0.1, -0.05) is 19.8 Å². The van der Waals surface area contributed by atoms with Crippen LogP contribution in [0.4, 0.5) is 11.6 Å². The van der Waals surface area contributed by atoms with E-state index in [1.807, 2.05) is 18.0 Å². The molecule has 106 valence electrons.